The number of hydrogen-bond donors (Lipinski definition) is 1. The molecule has 0 aliphatic rings. The average Bonchev–Trinajstić information content (AvgIpc) is 2.46. The molecule has 2 aromatic rings. The Hall–Kier alpha value is -2.76. The molecule has 0 aliphatic heterocycles. The van der Waals surface area contributed by atoms with E-state index >= 15 is 0 Å². The van der Waals surface area contributed by atoms with Crippen molar-refractivity contribution in [1.29, 1.82) is 0 Å². The Morgan fingerprint density at radius 1 is 1.20 bits per heavy atom. The number of hydrogen-bond acceptors (Lipinski definition) is 3. The maximum absolute atomic E-state index is 13.5. The second-order valence-corrected chi connectivity index (χ2v) is 4.04. The number of carbonyl (C=O) groups is 2. The second-order valence-electron chi connectivity index (χ2n) is 4.04. The lowest BCUT2D eigenvalue weighted by Crippen LogP contribution is -2.28. The summed E-state index contributed by atoms with van der Waals surface area (Å²) in [5.41, 5.74) is 0.00159. The fourth-order valence-corrected chi connectivity index (χ4v) is 1.79. The van der Waals surface area contributed by atoms with E-state index in [-0.39, 0.29) is 16.8 Å². The largest absolute Gasteiger partial charge is 0.478 e. The van der Waals surface area contributed by atoms with Crippen molar-refractivity contribution >= 4 is 17.6 Å². The zero-order valence-corrected chi connectivity index (χ0v) is 10.6. The van der Waals surface area contributed by atoms with Crippen molar-refractivity contribution in [1.82, 2.24) is 4.98 Å². The predicted octanol–water partition coefficient (Wildman–Crippen LogP) is 2.20. The van der Waals surface area contributed by atoms with Crippen LogP contribution in [-0.2, 0) is 0 Å². The molecule has 1 aromatic heterocycles. The Morgan fingerprint density at radius 3 is 2.55 bits per heavy atom. The number of aromatic carboxylic acids is 1. The molecule has 2 rings (SSSR count). The average molecular weight is 274 g/mol. The summed E-state index contributed by atoms with van der Waals surface area (Å²) < 4.78 is 13.5. The quantitative estimate of drug-likeness (QED) is 0.931. The standard InChI is InChI=1S/C14H11FN2O3/c1-17(12-5-3-2-4-10(12)14(19)20)13(18)9-6-7-16-8-11(9)15/h2-8H,1H3,(H,19,20). The van der Waals surface area contributed by atoms with Gasteiger partial charge in [-0.05, 0) is 18.2 Å². The number of pyridine rings is 1. The normalized spacial score (nSPS) is 10.1. The van der Waals surface area contributed by atoms with E-state index in [1.807, 2.05) is 0 Å². The Kier molecular flexibility index (Phi) is 3.74. The molecule has 1 amide bonds. The van der Waals surface area contributed by atoms with Crippen LogP contribution in [0.5, 0.6) is 0 Å². The molecule has 0 radical (unpaired) electrons. The van der Waals surface area contributed by atoms with E-state index in [1.54, 1.807) is 12.1 Å². The SMILES string of the molecule is CN(C(=O)c1ccncc1F)c1ccccc1C(=O)O. The minimum Gasteiger partial charge on any atom is -0.478 e. The van der Waals surface area contributed by atoms with Gasteiger partial charge in [0.1, 0.15) is 0 Å². The van der Waals surface area contributed by atoms with Crippen molar-refractivity contribution in [3.63, 3.8) is 0 Å². The summed E-state index contributed by atoms with van der Waals surface area (Å²) in [4.78, 5) is 28.0. The first kappa shape index (κ1) is 13.7. The first-order valence-electron chi connectivity index (χ1n) is 5.72. The van der Waals surface area contributed by atoms with Crippen molar-refractivity contribution in [3.8, 4) is 0 Å². The highest BCUT2D eigenvalue weighted by atomic mass is 19.1. The van der Waals surface area contributed by atoms with Gasteiger partial charge in [-0.15, -0.1) is 0 Å². The number of carboxylic acid groups (broad SMARTS) is 1. The molecule has 0 fully saturated rings. The molecule has 1 heterocycles. The van der Waals surface area contributed by atoms with Gasteiger partial charge in [-0.25, -0.2) is 9.18 Å². The van der Waals surface area contributed by atoms with Gasteiger partial charge in [-0.3, -0.25) is 9.78 Å². The first-order chi connectivity index (χ1) is 9.52. The van der Waals surface area contributed by atoms with Crippen LogP contribution in [0.2, 0.25) is 0 Å². The minimum atomic E-state index is -1.16. The summed E-state index contributed by atoms with van der Waals surface area (Å²) in [7, 11) is 1.39. The highest BCUT2D eigenvalue weighted by molar-refractivity contribution is 6.09. The molecule has 0 bridgehead atoms. The zero-order chi connectivity index (χ0) is 14.7. The van der Waals surface area contributed by atoms with E-state index in [4.69, 9.17) is 5.11 Å². The summed E-state index contributed by atoms with van der Waals surface area (Å²) in [6, 6.07) is 7.27. The third-order valence-corrected chi connectivity index (χ3v) is 2.80. The fourth-order valence-electron chi connectivity index (χ4n) is 1.79. The molecule has 20 heavy (non-hydrogen) atoms. The smallest absolute Gasteiger partial charge is 0.337 e. The minimum absolute atomic E-state index is 0.0298. The van der Waals surface area contributed by atoms with Crippen LogP contribution in [0, 0.1) is 5.82 Å². The third kappa shape index (κ3) is 2.49. The van der Waals surface area contributed by atoms with Crippen molar-refractivity contribution in [3.05, 3.63) is 59.7 Å². The van der Waals surface area contributed by atoms with Crippen LogP contribution >= 0.6 is 0 Å². The zero-order valence-electron chi connectivity index (χ0n) is 10.6. The number of carboxylic acids is 1. The summed E-state index contributed by atoms with van der Waals surface area (Å²) in [5, 5.41) is 9.10. The fraction of sp³-hybridized carbons (Fsp3) is 0.0714. The summed E-state index contributed by atoms with van der Waals surface area (Å²) >= 11 is 0. The molecule has 0 unspecified atom stereocenters. The highest BCUT2D eigenvalue weighted by Crippen LogP contribution is 2.21. The predicted molar refractivity (Wildman–Crippen MR) is 70.3 cm³/mol. The Morgan fingerprint density at radius 2 is 1.90 bits per heavy atom. The molecule has 0 saturated heterocycles. The van der Waals surface area contributed by atoms with Gasteiger partial charge in [0, 0.05) is 13.2 Å². The monoisotopic (exact) mass is 274 g/mol. The first-order valence-corrected chi connectivity index (χ1v) is 5.72. The van der Waals surface area contributed by atoms with Crippen LogP contribution in [0.15, 0.2) is 42.7 Å². The van der Waals surface area contributed by atoms with Crippen LogP contribution < -0.4 is 4.90 Å². The number of carbonyl (C=O) groups excluding carboxylic acids is 1. The lowest BCUT2D eigenvalue weighted by atomic mass is 10.1. The summed E-state index contributed by atoms with van der Waals surface area (Å²) in [5.74, 6) is -2.55. The van der Waals surface area contributed by atoms with Crippen LogP contribution in [0.1, 0.15) is 20.7 Å². The molecule has 5 nitrogen and oxygen atoms in total. The highest BCUT2D eigenvalue weighted by Gasteiger charge is 2.21. The number of halogens is 1. The lowest BCUT2D eigenvalue weighted by molar-refractivity contribution is 0.0697. The molecule has 6 heteroatoms. The Bertz CT molecular complexity index is 673. The topological polar surface area (TPSA) is 70.5 Å². The van der Waals surface area contributed by atoms with Crippen molar-refractivity contribution in [2.24, 2.45) is 0 Å². The van der Waals surface area contributed by atoms with Crippen LogP contribution in [0.4, 0.5) is 10.1 Å². The number of nitrogens with zero attached hydrogens (tertiary/aromatic N) is 2. The molecule has 0 saturated carbocycles. The number of anilines is 1. The molecule has 0 atom stereocenters. The van der Waals surface area contributed by atoms with Crippen LogP contribution in [0.25, 0.3) is 0 Å². The van der Waals surface area contributed by atoms with Crippen molar-refractivity contribution < 1.29 is 19.1 Å². The van der Waals surface area contributed by atoms with Crippen molar-refractivity contribution in [2.75, 3.05) is 11.9 Å². The number of para-hydroxylation sites is 1. The van der Waals surface area contributed by atoms with E-state index in [9.17, 15) is 14.0 Å². The van der Waals surface area contributed by atoms with E-state index in [0.717, 1.165) is 11.1 Å². The maximum atomic E-state index is 13.5. The number of amides is 1. The lowest BCUT2D eigenvalue weighted by Gasteiger charge is -2.19. The van der Waals surface area contributed by atoms with Crippen LogP contribution in [-0.4, -0.2) is 29.0 Å². The molecule has 1 N–H and O–H groups in total. The second kappa shape index (κ2) is 5.48. The van der Waals surface area contributed by atoms with Gasteiger partial charge >= 0.3 is 5.97 Å². The van der Waals surface area contributed by atoms with E-state index in [1.165, 1.54) is 31.4 Å². The molecule has 0 aliphatic carbocycles. The number of rotatable bonds is 3. The molecule has 0 spiro atoms. The van der Waals surface area contributed by atoms with Gasteiger partial charge in [0.15, 0.2) is 5.82 Å². The summed E-state index contributed by atoms with van der Waals surface area (Å²) in [6.07, 6.45) is 2.23. The number of aromatic nitrogens is 1. The molecular weight excluding hydrogens is 263 g/mol. The van der Waals surface area contributed by atoms with Crippen molar-refractivity contribution in [2.45, 2.75) is 0 Å². The molecule has 1 aromatic carbocycles. The van der Waals surface area contributed by atoms with Gasteiger partial charge in [0.2, 0.25) is 0 Å². The van der Waals surface area contributed by atoms with E-state index in [2.05, 4.69) is 4.98 Å². The molecule has 102 valence electrons. The Balaban J connectivity index is 2.42. The Labute approximate surface area is 114 Å². The van der Waals surface area contributed by atoms with E-state index < -0.39 is 17.7 Å². The van der Waals surface area contributed by atoms with Gasteiger partial charge in [0.05, 0.1) is 23.0 Å². The maximum Gasteiger partial charge on any atom is 0.337 e. The van der Waals surface area contributed by atoms with Gasteiger partial charge in [0.25, 0.3) is 5.91 Å². The van der Waals surface area contributed by atoms with Gasteiger partial charge in [-0.1, -0.05) is 12.1 Å². The van der Waals surface area contributed by atoms with Gasteiger partial charge < -0.3 is 10.0 Å². The number of benzene rings is 1. The van der Waals surface area contributed by atoms with E-state index in [0.29, 0.717) is 0 Å². The summed E-state index contributed by atoms with van der Waals surface area (Å²) in [6.45, 7) is 0. The third-order valence-electron chi connectivity index (χ3n) is 2.80. The molecular formula is C14H11FN2O3. The van der Waals surface area contributed by atoms with Gasteiger partial charge in [-0.2, -0.15) is 0 Å². The van der Waals surface area contributed by atoms with Crippen LogP contribution in [0.3, 0.4) is 0 Å².